The van der Waals surface area contributed by atoms with Gasteiger partial charge in [0.05, 0.1) is 5.69 Å². The largest absolute Gasteiger partial charge is 0.212 e. The molecular weight excluding hydrogens is 359 g/mol. The molecule has 2 aromatic heterocycles. The van der Waals surface area contributed by atoms with Crippen molar-refractivity contribution in [1.82, 2.24) is 19.8 Å². The molecule has 0 fully saturated rings. The van der Waals surface area contributed by atoms with Crippen LogP contribution in [0.15, 0.2) is 65.8 Å². The zero-order valence-corrected chi connectivity index (χ0v) is 14.5. The van der Waals surface area contributed by atoms with E-state index >= 15 is 0 Å². The van der Waals surface area contributed by atoms with Gasteiger partial charge < -0.3 is 0 Å². The van der Waals surface area contributed by atoms with E-state index in [0.29, 0.717) is 27.1 Å². The zero-order valence-electron chi connectivity index (χ0n) is 12.9. The highest BCUT2D eigenvalue weighted by Crippen LogP contribution is 2.24. The summed E-state index contributed by atoms with van der Waals surface area (Å²) in [6.07, 6.45) is 0. The number of rotatable bonds is 4. The fraction of sp³-hybridized carbons (Fsp3) is 0.0556. The van der Waals surface area contributed by atoms with Gasteiger partial charge in [0.1, 0.15) is 5.82 Å². The SMILES string of the molecule is Fc1ccccc1CSc1nnc2ccc(-c3ccc(Cl)cc3)nn12. The monoisotopic (exact) mass is 370 g/mol. The van der Waals surface area contributed by atoms with Gasteiger partial charge >= 0.3 is 0 Å². The highest BCUT2D eigenvalue weighted by atomic mass is 35.5. The predicted octanol–water partition coefficient (Wildman–Crippen LogP) is 4.88. The molecule has 0 aliphatic heterocycles. The number of halogens is 2. The first-order chi connectivity index (χ1) is 12.2. The molecule has 0 N–H and O–H groups in total. The molecule has 2 aromatic carbocycles. The van der Waals surface area contributed by atoms with Crippen LogP contribution < -0.4 is 0 Å². The van der Waals surface area contributed by atoms with Crippen LogP contribution in [0.25, 0.3) is 16.9 Å². The van der Waals surface area contributed by atoms with E-state index in [2.05, 4.69) is 15.3 Å². The molecule has 4 aromatic rings. The summed E-state index contributed by atoms with van der Waals surface area (Å²) < 4.78 is 15.4. The summed E-state index contributed by atoms with van der Waals surface area (Å²) in [5.41, 5.74) is 3.01. The van der Waals surface area contributed by atoms with Crippen LogP contribution in [0.4, 0.5) is 4.39 Å². The molecule has 0 unspecified atom stereocenters. The van der Waals surface area contributed by atoms with E-state index in [1.165, 1.54) is 17.8 Å². The van der Waals surface area contributed by atoms with E-state index in [9.17, 15) is 4.39 Å². The van der Waals surface area contributed by atoms with Crippen LogP contribution >= 0.6 is 23.4 Å². The zero-order chi connectivity index (χ0) is 17.2. The van der Waals surface area contributed by atoms with Gasteiger partial charge in [0.15, 0.2) is 5.65 Å². The Labute approximate surface area is 152 Å². The van der Waals surface area contributed by atoms with Gasteiger partial charge in [-0.25, -0.2) is 4.39 Å². The average molecular weight is 371 g/mol. The Bertz CT molecular complexity index is 1030. The first-order valence-corrected chi connectivity index (χ1v) is 8.92. The third-order valence-corrected chi connectivity index (χ3v) is 4.91. The minimum absolute atomic E-state index is 0.223. The molecule has 0 amide bonds. The van der Waals surface area contributed by atoms with Crippen LogP contribution in [0.5, 0.6) is 0 Å². The Balaban J connectivity index is 1.64. The van der Waals surface area contributed by atoms with Crippen molar-refractivity contribution in [3.63, 3.8) is 0 Å². The molecule has 0 saturated carbocycles. The van der Waals surface area contributed by atoms with Gasteiger partial charge in [0, 0.05) is 16.3 Å². The molecule has 7 heteroatoms. The molecule has 0 bridgehead atoms. The molecule has 0 aliphatic carbocycles. The molecule has 0 atom stereocenters. The Morgan fingerprint density at radius 3 is 2.56 bits per heavy atom. The van der Waals surface area contributed by atoms with Gasteiger partial charge in [-0.05, 0) is 35.9 Å². The summed E-state index contributed by atoms with van der Waals surface area (Å²) >= 11 is 7.33. The molecule has 0 radical (unpaired) electrons. The number of hydrogen-bond acceptors (Lipinski definition) is 4. The van der Waals surface area contributed by atoms with E-state index in [1.54, 1.807) is 16.6 Å². The standard InChI is InChI=1S/C18H12ClFN4S/c19-14-7-5-12(6-8-14)16-9-10-17-21-22-18(24(17)23-16)25-11-13-3-1-2-4-15(13)20/h1-10H,11H2. The number of nitrogens with zero attached hydrogens (tertiary/aromatic N) is 4. The van der Waals surface area contributed by atoms with E-state index < -0.39 is 0 Å². The van der Waals surface area contributed by atoms with Crippen molar-refractivity contribution in [3.8, 4) is 11.3 Å². The van der Waals surface area contributed by atoms with Crippen molar-refractivity contribution in [1.29, 1.82) is 0 Å². The summed E-state index contributed by atoms with van der Waals surface area (Å²) in [7, 11) is 0. The summed E-state index contributed by atoms with van der Waals surface area (Å²) in [5, 5.41) is 14.2. The second-order valence-electron chi connectivity index (χ2n) is 5.36. The van der Waals surface area contributed by atoms with Crippen molar-refractivity contribution in [2.75, 3.05) is 0 Å². The number of fused-ring (bicyclic) bond motifs is 1. The Kier molecular flexibility index (Phi) is 4.38. The molecule has 0 saturated heterocycles. The average Bonchev–Trinajstić information content (AvgIpc) is 3.04. The van der Waals surface area contributed by atoms with Gasteiger partial charge in [-0.2, -0.15) is 9.61 Å². The molecule has 4 rings (SSSR count). The normalized spacial score (nSPS) is 11.1. The van der Waals surface area contributed by atoms with Gasteiger partial charge in [0.25, 0.3) is 0 Å². The van der Waals surface area contributed by atoms with E-state index in [-0.39, 0.29) is 5.82 Å². The highest BCUT2D eigenvalue weighted by molar-refractivity contribution is 7.98. The fourth-order valence-corrected chi connectivity index (χ4v) is 3.39. The summed E-state index contributed by atoms with van der Waals surface area (Å²) in [4.78, 5) is 0. The molecule has 0 spiro atoms. The first-order valence-electron chi connectivity index (χ1n) is 7.55. The molecule has 124 valence electrons. The highest BCUT2D eigenvalue weighted by Gasteiger charge is 2.11. The maximum Gasteiger partial charge on any atom is 0.212 e. The quantitative estimate of drug-likeness (QED) is 0.480. The molecular formula is C18H12ClFN4S. The predicted molar refractivity (Wildman–Crippen MR) is 97.2 cm³/mol. The Morgan fingerprint density at radius 1 is 0.960 bits per heavy atom. The van der Waals surface area contributed by atoms with Crippen molar-refractivity contribution < 1.29 is 4.39 Å². The van der Waals surface area contributed by atoms with Crippen molar-refractivity contribution in [3.05, 3.63) is 77.1 Å². The van der Waals surface area contributed by atoms with E-state index in [4.69, 9.17) is 11.6 Å². The van der Waals surface area contributed by atoms with Crippen molar-refractivity contribution in [2.45, 2.75) is 10.9 Å². The van der Waals surface area contributed by atoms with Gasteiger partial charge in [-0.15, -0.1) is 10.2 Å². The minimum atomic E-state index is -0.223. The van der Waals surface area contributed by atoms with Gasteiger partial charge in [-0.1, -0.05) is 53.7 Å². The lowest BCUT2D eigenvalue weighted by Crippen LogP contribution is -1.97. The molecule has 25 heavy (non-hydrogen) atoms. The second-order valence-corrected chi connectivity index (χ2v) is 6.74. The first kappa shape index (κ1) is 16.1. The molecule has 2 heterocycles. The van der Waals surface area contributed by atoms with Crippen LogP contribution in [0.1, 0.15) is 5.56 Å². The number of aromatic nitrogens is 4. The van der Waals surface area contributed by atoms with E-state index in [1.807, 2.05) is 42.5 Å². The maximum absolute atomic E-state index is 13.8. The molecule has 4 nitrogen and oxygen atoms in total. The smallest absolute Gasteiger partial charge is 0.207 e. The van der Waals surface area contributed by atoms with Crippen LogP contribution in [0.3, 0.4) is 0 Å². The topological polar surface area (TPSA) is 43.1 Å². The van der Waals surface area contributed by atoms with Crippen molar-refractivity contribution >= 4 is 29.0 Å². The number of benzene rings is 2. The van der Waals surface area contributed by atoms with Crippen LogP contribution in [0.2, 0.25) is 5.02 Å². The van der Waals surface area contributed by atoms with Crippen molar-refractivity contribution in [2.24, 2.45) is 0 Å². The van der Waals surface area contributed by atoms with Crippen LogP contribution in [0, 0.1) is 5.82 Å². The second kappa shape index (κ2) is 6.82. The lowest BCUT2D eigenvalue weighted by Gasteiger charge is -2.04. The lowest BCUT2D eigenvalue weighted by molar-refractivity contribution is 0.617. The molecule has 0 aliphatic rings. The van der Waals surface area contributed by atoms with Crippen LogP contribution in [-0.2, 0) is 5.75 Å². The third kappa shape index (κ3) is 3.36. The van der Waals surface area contributed by atoms with Gasteiger partial charge in [0.2, 0.25) is 5.16 Å². The summed E-state index contributed by atoms with van der Waals surface area (Å²) in [5.74, 6) is 0.235. The lowest BCUT2D eigenvalue weighted by atomic mass is 10.1. The third-order valence-electron chi connectivity index (χ3n) is 3.69. The fourth-order valence-electron chi connectivity index (χ4n) is 2.39. The van der Waals surface area contributed by atoms with E-state index in [0.717, 1.165) is 11.3 Å². The summed E-state index contributed by atoms with van der Waals surface area (Å²) in [6.45, 7) is 0. The number of hydrogen-bond donors (Lipinski definition) is 0. The Hall–Kier alpha value is -2.44. The minimum Gasteiger partial charge on any atom is -0.207 e. The Morgan fingerprint density at radius 2 is 1.76 bits per heavy atom. The van der Waals surface area contributed by atoms with Gasteiger partial charge in [-0.3, -0.25) is 0 Å². The maximum atomic E-state index is 13.8. The van der Waals surface area contributed by atoms with Crippen LogP contribution in [-0.4, -0.2) is 19.8 Å². The number of thioether (sulfide) groups is 1. The summed E-state index contributed by atoms with van der Waals surface area (Å²) in [6, 6.07) is 17.9.